The first-order valence-electron chi connectivity index (χ1n) is 6.15. The third-order valence-electron chi connectivity index (χ3n) is 2.54. The van der Waals surface area contributed by atoms with Gasteiger partial charge in [0.2, 0.25) is 0 Å². The van der Waals surface area contributed by atoms with E-state index >= 15 is 0 Å². The van der Waals surface area contributed by atoms with E-state index in [1.54, 1.807) is 17.4 Å². The highest BCUT2D eigenvalue weighted by Crippen LogP contribution is 2.30. The maximum atomic E-state index is 11.9. The molecule has 0 fully saturated rings. The molecule has 3 nitrogen and oxygen atoms in total. The van der Waals surface area contributed by atoms with E-state index in [9.17, 15) is 18.0 Å². The van der Waals surface area contributed by atoms with Gasteiger partial charge in [0.25, 0.3) is 5.91 Å². The second-order valence-electron chi connectivity index (χ2n) is 5.43. The lowest BCUT2D eigenvalue weighted by Gasteiger charge is -2.22. The predicted molar refractivity (Wildman–Crippen MR) is 69.7 cm³/mol. The summed E-state index contributed by atoms with van der Waals surface area (Å²) in [5.41, 5.74) is 0.711. The number of carbonyl (C=O) groups is 1. The number of hydrogen-bond donors (Lipinski definition) is 1. The average Bonchev–Trinajstić information content (AvgIpc) is 2.32. The predicted octanol–water partition coefficient (Wildman–Crippen LogP) is 3.04. The van der Waals surface area contributed by atoms with Gasteiger partial charge in [-0.05, 0) is 17.0 Å². The number of alkyl halides is 3. The molecule has 20 heavy (non-hydrogen) atoms. The van der Waals surface area contributed by atoms with Crippen molar-refractivity contribution >= 4 is 5.91 Å². The molecule has 0 aromatic heterocycles. The summed E-state index contributed by atoms with van der Waals surface area (Å²) in [5.74, 6) is -0.298. The minimum atomic E-state index is -4.42. The fourth-order valence-corrected chi connectivity index (χ4v) is 1.61. The fraction of sp³-hybridized carbons (Fsp3) is 0.500. The highest BCUT2D eigenvalue weighted by Gasteiger charge is 2.27. The summed E-state index contributed by atoms with van der Waals surface area (Å²) >= 11 is 0. The second kappa shape index (κ2) is 6.15. The van der Waals surface area contributed by atoms with Gasteiger partial charge in [-0.15, -0.1) is 0 Å². The quantitative estimate of drug-likeness (QED) is 0.925. The van der Waals surface area contributed by atoms with Gasteiger partial charge in [0.1, 0.15) is 12.3 Å². The molecule has 6 heteroatoms. The van der Waals surface area contributed by atoms with Crippen LogP contribution in [0, 0.1) is 0 Å². The average molecular weight is 289 g/mol. The summed E-state index contributed by atoms with van der Waals surface area (Å²) in [6, 6.07) is 7.15. The van der Waals surface area contributed by atoms with E-state index in [-0.39, 0.29) is 5.41 Å². The van der Waals surface area contributed by atoms with Gasteiger partial charge in [-0.25, -0.2) is 0 Å². The lowest BCUT2D eigenvalue weighted by Crippen LogP contribution is -2.36. The number of halogens is 3. The zero-order valence-corrected chi connectivity index (χ0v) is 11.7. The minimum absolute atomic E-state index is 0.182. The Kier molecular flexibility index (Phi) is 5.03. The van der Waals surface area contributed by atoms with Crippen LogP contribution in [0.3, 0.4) is 0 Å². The van der Waals surface area contributed by atoms with Crippen LogP contribution in [0.25, 0.3) is 0 Å². The molecule has 1 rings (SSSR count). The smallest absolute Gasteiger partial charge is 0.405 e. The van der Waals surface area contributed by atoms with E-state index < -0.39 is 25.2 Å². The molecule has 0 heterocycles. The normalized spacial score (nSPS) is 12.1. The highest BCUT2D eigenvalue weighted by molar-refractivity contribution is 5.77. The van der Waals surface area contributed by atoms with Crippen molar-refractivity contribution in [3.63, 3.8) is 0 Å². The van der Waals surface area contributed by atoms with Gasteiger partial charge in [0.15, 0.2) is 6.61 Å². The maximum Gasteiger partial charge on any atom is 0.405 e. The van der Waals surface area contributed by atoms with Crippen LogP contribution in [-0.4, -0.2) is 25.2 Å². The molecule has 112 valence electrons. The lowest BCUT2D eigenvalue weighted by molar-refractivity contribution is -0.139. The van der Waals surface area contributed by atoms with Gasteiger partial charge < -0.3 is 10.1 Å². The number of rotatable bonds is 4. The first-order chi connectivity index (χ1) is 9.09. The maximum absolute atomic E-state index is 11.9. The largest absolute Gasteiger partial charge is 0.483 e. The summed E-state index contributed by atoms with van der Waals surface area (Å²) in [7, 11) is 0. The van der Waals surface area contributed by atoms with Crippen LogP contribution in [0.4, 0.5) is 13.2 Å². The Balaban J connectivity index is 2.60. The van der Waals surface area contributed by atoms with E-state index in [1.165, 1.54) is 0 Å². The third-order valence-corrected chi connectivity index (χ3v) is 2.54. The van der Waals surface area contributed by atoms with E-state index in [0.29, 0.717) is 5.75 Å². The Hall–Kier alpha value is -1.72. The van der Waals surface area contributed by atoms with Gasteiger partial charge in [0, 0.05) is 0 Å². The SMILES string of the molecule is CC(C)(C)c1ccccc1OCC(=O)NCC(F)(F)F. The summed E-state index contributed by atoms with van der Waals surface area (Å²) in [6.07, 6.45) is -4.42. The first-order valence-corrected chi connectivity index (χ1v) is 6.15. The molecule has 0 saturated heterocycles. The van der Waals surface area contributed by atoms with Crippen molar-refractivity contribution in [3.8, 4) is 5.75 Å². The molecule has 1 amide bonds. The highest BCUT2D eigenvalue weighted by atomic mass is 19.4. The number of benzene rings is 1. The molecule has 0 saturated carbocycles. The van der Waals surface area contributed by atoms with Crippen molar-refractivity contribution in [3.05, 3.63) is 29.8 Å². The van der Waals surface area contributed by atoms with Crippen LogP contribution < -0.4 is 10.1 Å². The van der Waals surface area contributed by atoms with Crippen molar-refractivity contribution in [2.24, 2.45) is 0 Å². The van der Waals surface area contributed by atoms with Crippen LogP contribution >= 0.6 is 0 Å². The van der Waals surface area contributed by atoms with Crippen LogP contribution in [-0.2, 0) is 10.2 Å². The van der Waals surface area contributed by atoms with Crippen molar-refractivity contribution in [2.45, 2.75) is 32.4 Å². The summed E-state index contributed by atoms with van der Waals surface area (Å²) in [6.45, 7) is 4.16. The number of amides is 1. The second-order valence-corrected chi connectivity index (χ2v) is 5.43. The topological polar surface area (TPSA) is 38.3 Å². The molecule has 0 radical (unpaired) electrons. The zero-order valence-electron chi connectivity index (χ0n) is 11.7. The minimum Gasteiger partial charge on any atom is -0.483 e. The van der Waals surface area contributed by atoms with Crippen LogP contribution in [0.5, 0.6) is 5.75 Å². The molecule has 0 spiro atoms. The number of nitrogens with one attached hydrogen (secondary N) is 1. The molecule has 0 atom stereocenters. The summed E-state index contributed by atoms with van der Waals surface area (Å²) in [5, 5.41) is 1.76. The lowest BCUT2D eigenvalue weighted by atomic mass is 9.86. The molecular weight excluding hydrogens is 271 g/mol. The third kappa shape index (κ3) is 5.50. The molecule has 0 aliphatic rings. The van der Waals surface area contributed by atoms with Crippen LogP contribution in [0.1, 0.15) is 26.3 Å². The number of para-hydroxylation sites is 1. The van der Waals surface area contributed by atoms with Crippen LogP contribution in [0.15, 0.2) is 24.3 Å². The Bertz CT molecular complexity index is 464. The number of ether oxygens (including phenoxy) is 1. The molecule has 0 unspecified atom stereocenters. The van der Waals surface area contributed by atoms with Gasteiger partial charge in [-0.2, -0.15) is 13.2 Å². The first kappa shape index (κ1) is 16.3. The van der Waals surface area contributed by atoms with Gasteiger partial charge in [0.05, 0.1) is 0 Å². The van der Waals surface area contributed by atoms with E-state index in [2.05, 4.69) is 0 Å². The van der Waals surface area contributed by atoms with Gasteiger partial charge >= 0.3 is 6.18 Å². The van der Waals surface area contributed by atoms with Crippen molar-refractivity contribution < 1.29 is 22.7 Å². The van der Waals surface area contributed by atoms with Crippen LogP contribution in [0.2, 0.25) is 0 Å². The van der Waals surface area contributed by atoms with Crippen molar-refractivity contribution in [2.75, 3.05) is 13.2 Å². The van der Waals surface area contributed by atoms with E-state index in [4.69, 9.17) is 4.74 Å². The monoisotopic (exact) mass is 289 g/mol. The molecule has 0 aliphatic carbocycles. The van der Waals surface area contributed by atoms with Crippen molar-refractivity contribution in [1.82, 2.24) is 5.32 Å². The Morgan fingerprint density at radius 2 is 1.80 bits per heavy atom. The zero-order chi connectivity index (χ0) is 15.4. The van der Waals surface area contributed by atoms with E-state index in [0.717, 1.165) is 5.56 Å². The summed E-state index contributed by atoms with van der Waals surface area (Å²) in [4.78, 5) is 11.3. The van der Waals surface area contributed by atoms with Gasteiger partial charge in [-0.3, -0.25) is 4.79 Å². The summed E-state index contributed by atoms with van der Waals surface area (Å²) < 4.78 is 41.1. The number of hydrogen-bond acceptors (Lipinski definition) is 2. The molecule has 1 aromatic carbocycles. The molecular formula is C14H18F3NO2. The standard InChI is InChI=1S/C14H18F3NO2/c1-13(2,3)10-6-4-5-7-11(10)20-8-12(19)18-9-14(15,16)17/h4-7H,8-9H2,1-3H3,(H,18,19). The van der Waals surface area contributed by atoms with E-state index in [1.807, 2.05) is 32.9 Å². The molecule has 0 aliphatic heterocycles. The fourth-order valence-electron chi connectivity index (χ4n) is 1.61. The Labute approximate surface area is 116 Å². The molecule has 1 N–H and O–H groups in total. The van der Waals surface area contributed by atoms with Gasteiger partial charge in [-0.1, -0.05) is 39.0 Å². The molecule has 1 aromatic rings. The van der Waals surface area contributed by atoms with Crippen molar-refractivity contribution in [1.29, 1.82) is 0 Å². The molecule has 0 bridgehead atoms. The Morgan fingerprint density at radius 1 is 1.20 bits per heavy atom. The number of carbonyl (C=O) groups excluding carboxylic acids is 1. The Morgan fingerprint density at radius 3 is 2.35 bits per heavy atom.